The Hall–Kier alpha value is -2.37. The van der Waals surface area contributed by atoms with E-state index in [1.165, 1.54) is 0 Å². The molecule has 1 saturated heterocycles. The van der Waals surface area contributed by atoms with Gasteiger partial charge in [0.1, 0.15) is 0 Å². The van der Waals surface area contributed by atoms with Crippen LogP contribution in [0.2, 0.25) is 0 Å². The second-order valence-electron chi connectivity index (χ2n) is 6.34. The van der Waals surface area contributed by atoms with Crippen LogP contribution in [-0.2, 0) is 4.79 Å². The fourth-order valence-corrected chi connectivity index (χ4v) is 2.88. The molecule has 25 heavy (non-hydrogen) atoms. The third-order valence-electron chi connectivity index (χ3n) is 4.45. The first kappa shape index (κ1) is 19.0. The lowest BCUT2D eigenvalue weighted by Gasteiger charge is -2.34. The van der Waals surface area contributed by atoms with Crippen molar-refractivity contribution in [2.24, 2.45) is 0 Å². The number of nitrogens with one attached hydrogen (secondary N) is 1. The smallest absolute Gasteiger partial charge is 0.253 e. The molecule has 3 amide bonds. The second-order valence-corrected chi connectivity index (χ2v) is 6.34. The van der Waals surface area contributed by atoms with E-state index in [9.17, 15) is 14.4 Å². The summed E-state index contributed by atoms with van der Waals surface area (Å²) in [5, 5.41) is 2.89. The highest BCUT2D eigenvalue weighted by molar-refractivity contribution is 5.99. The first-order chi connectivity index (χ1) is 12.0. The van der Waals surface area contributed by atoms with Gasteiger partial charge < -0.3 is 15.1 Å². The average Bonchev–Trinajstić information content (AvgIpc) is 2.64. The lowest BCUT2D eigenvalue weighted by atomic mass is 10.1. The molecule has 1 aromatic rings. The maximum atomic E-state index is 12.6. The first-order valence-corrected chi connectivity index (χ1v) is 8.96. The lowest BCUT2D eigenvalue weighted by molar-refractivity contribution is -0.130. The van der Waals surface area contributed by atoms with E-state index in [-0.39, 0.29) is 17.7 Å². The van der Waals surface area contributed by atoms with Crippen molar-refractivity contribution in [2.75, 3.05) is 32.7 Å². The van der Waals surface area contributed by atoms with Crippen molar-refractivity contribution < 1.29 is 14.4 Å². The molecule has 0 atom stereocenters. The molecule has 0 saturated carbocycles. The SMILES string of the molecule is CCCCCNC(=O)c1cccc(C(=O)N2CCN(C(C)=O)CC2)c1. The molecule has 0 radical (unpaired) electrons. The number of rotatable bonds is 6. The minimum Gasteiger partial charge on any atom is -0.352 e. The summed E-state index contributed by atoms with van der Waals surface area (Å²) in [5.41, 5.74) is 1.02. The van der Waals surface area contributed by atoms with Gasteiger partial charge in [-0.05, 0) is 24.6 Å². The fourth-order valence-electron chi connectivity index (χ4n) is 2.88. The highest BCUT2D eigenvalue weighted by atomic mass is 16.2. The minimum absolute atomic E-state index is 0.0360. The molecule has 1 aliphatic rings. The van der Waals surface area contributed by atoms with Gasteiger partial charge in [-0.3, -0.25) is 14.4 Å². The quantitative estimate of drug-likeness (QED) is 0.801. The molecule has 0 unspecified atom stereocenters. The van der Waals surface area contributed by atoms with Crippen LogP contribution in [0, 0.1) is 0 Å². The predicted molar refractivity (Wildman–Crippen MR) is 96.5 cm³/mol. The van der Waals surface area contributed by atoms with Crippen LogP contribution in [0.5, 0.6) is 0 Å². The molecule has 0 aromatic heterocycles. The Labute approximate surface area is 149 Å². The van der Waals surface area contributed by atoms with Gasteiger partial charge in [0.05, 0.1) is 0 Å². The van der Waals surface area contributed by atoms with Gasteiger partial charge in [0.25, 0.3) is 11.8 Å². The van der Waals surface area contributed by atoms with Crippen molar-refractivity contribution in [1.82, 2.24) is 15.1 Å². The van der Waals surface area contributed by atoms with Crippen LogP contribution in [0.4, 0.5) is 0 Å². The number of carbonyl (C=O) groups is 3. The summed E-state index contributed by atoms with van der Waals surface area (Å²) in [5.74, 6) is -0.204. The fraction of sp³-hybridized carbons (Fsp3) is 0.526. The van der Waals surface area contributed by atoms with Gasteiger partial charge in [-0.1, -0.05) is 25.8 Å². The van der Waals surface area contributed by atoms with Crippen molar-refractivity contribution in [3.05, 3.63) is 35.4 Å². The predicted octanol–water partition coefficient (Wildman–Crippen LogP) is 1.91. The summed E-state index contributed by atoms with van der Waals surface area (Å²) < 4.78 is 0. The molecule has 136 valence electrons. The maximum absolute atomic E-state index is 12.6. The van der Waals surface area contributed by atoms with Crippen molar-refractivity contribution in [1.29, 1.82) is 0 Å². The largest absolute Gasteiger partial charge is 0.352 e. The van der Waals surface area contributed by atoms with E-state index in [0.29, 0.717) is 43.9 Å². The van der Waals surface area contributed by atoms with E-state index in [1.807, 2.05) is 0 Å². The van der Waals surface area contributed by atoms with Gasteiger partial charge in [0.15, 0.2) is 0 Å². The molecule has 6 heteroatoms. The molecule has 1 fully saturated rings. The van der Waals surface area contributed by atoms with E-state index < -0.39 is 0 Å². The van der Waals surface area contributed by atoms with Gasteiger partial charge in [0, 0.05) is 50.8 Å². The molecule has 0 spiro atoms. The summed E-state index contributed by atoms with van der Waals surface area (Å²) in [4.78, 5) is 39.7. The number of amides is 3. The van der Waals surface area contributed by atoms with Crippen LogP contribution in [-0.4, -0.2) is 60.2 Å². The molecule has 1 N–H and O–H groups in total. The maximum Gasteiger partial charge on any atom is 0.253 e. The van der Waals surface area contributed by atoms with Gasteiger partial charge in [-0.15, -0.1) is 0 Å². The Morgan fingerprint density at radius 2 is 1.64 bits per heavy atom. The summed E-state index contributed by atoms with van der Waals surface area (Å²) in [6, 6.07) is 6.84. The summed E-state index contributed by atoms with van der Waals surface area (Å²) in [7, 11) is 0. The number of piperazine rings is 1. The lowest BCUT2D eigenvalue weighted by Crippen LogP contribution is -2.50. The number of hydrogen-bond acceptors (Lipinski definition) is 3. The number of benzene rings is 1. The van der Waals surface area contributed by atoms with Gasteiger partial charge in [0.2, 0.25) is 5.91 Å². The highest BCUT2D eigenvalue weighted by Gasteiger charge is 2.23. The van der Waals surface area contributed by atoms with Crippen molar-refractivity contribution >= 4 is 17.7 Å². The Balaban J connectivity index is 1.95. The Morgan fingerprint density at radius 3 is 2.28 bits per heavy atom. The first-order valence-electron chi connectivity index (χ1n) is 8.96. The third-order valence-corrected chi connectivity index (χ3v) is 4.45. The van der Waals surface area contributed by atoms with E-state index in [0.717, 1.165) is 19.3 Å². The number of hydrogen-bond donors (Lipinski definition) is 1. The third kappa shape index (κ3) is 5.31. The summed E-state index contributed by atoms with van der Waals surface area (Å²) in [6.07, 6.45) is 3.16. The molecule has 0 aliphatic carbocycles. The van der Waals surface area contributed by atoms with E-state index in [2.05, 4.69) is 12.2 Å². The van der Waals surface area contributed by atoms with Gasteiger partial charge in [-0.2, -0.15) is 0 Å². The van der Waals surface area contributed by atoms with Gasteiger partial charge >= 0.3 is 0 Å². The van der Waals surface area contributed by atoms with E-state index in [4.69, 9.17) is 0 Å². The molecule has 1 aliphatic heterocycles. The number of unbranched alkanes of at least 4 members (excludes halogenated alkanes) is 2. The Bertz CT molecular complexity index is 622. The Kier molecular flexibility index (Phi) is 6.98. The molecular formula is C19H27N3O3. The Morgan fingerprint density at radius 1 is 1.00 bits per heavy atom. The molecule has 2 rings (SSSR count). The summed E-state index contributed by atoms with van der Waals surface area (Å²) >= 11 is 0. The molecular weight excluding hydrogens is 318 g/mol. The normalized spacial score (nSPS) is 14.3. The number of carbonyl (C=O) groups excluding carboxylic acids is 3. The average molecular weight is 345 g/mol. The topological polar surface area (TPSA) is 69.7 Å². The van der Waals surface area contributed by atoms with Crippen LogP contribution >= 0.6 is 0 Å². The van der Waals surface area contributed by atoms with Crippen LogP contribution in [0.1, 0.15) is 53.8 Å². The van der Waals surface area contributed by atoms with Crippen LogP contribution in [0.15, 0.2) is 24.3 Å². The zero-order valence-corrected chi connectivity index (χ0v) is 15.1. The van der Waals surface area contributed by atoms with Crippen molar-refractivity contribution in [2.45, 2.75) is 33.1 Å². The molecule has 0 bridgehead atoms. The second kappa shape index (κ2) is 9.20. The zero-order chi connectivity index (χ0) is 18.2. The highest BCUT2D eigenvalue weighted by Crippen LogP contribution is 2.11. The van der Waals surface area contributed by atoms with Gasteiger partial charge in [-0.25, -0.2) is 0 Å². The molecule has 1 heterocycles. The van der Waals surface area contributed by atoms with Crippen LogP contribution in [0.25, 0.3) is 0 Å². The number of nitrogens with zero attached hydrogens (tertiary/aromatic N) is 2. The monoisotopic (exact) mass is 345 g/mol. The standard InChI is InChI=1S/C19H27N3O3/c1-3-4-5-9-20-18(24)16-7-6-8-17(14-16)19(25)22-12-10-21(11-13-22)15(2)23/h6-8,14H,3-5,9-13H2,1-2H3,(H,20,24). The van der Waals surface area contributed by atoms with E-state index in [1.54, 1.807) is 41.0 Å². The molecule has 6 nitrogen and oxygen atoms in total. The minimum atomic E-state index is -0.146. The van der Waals surface area contributed by atoms with E-state index >= 15 is 0 Å². The van der Waals surface area contributed by atoms with Crippen LogP contribution < -0.4 is 5.32 Å². The van der Waals surface area contributed by atoms with Crippen molar-refractivity contribution in [3.8, 4) is 0 Å². The van der Waals surface area contributed by atoms with Crippen LogP contribution in [0.3, 0.4) is 0 Å². The van der Waals surface area contributed by atoms with Crippen molar-refractivity contribution in [3.63, 3.8) is 0 Å². The summed E-state index contributed by atoms with van der Waals surface area (Å²) in [6.45, 7) is 6.46. The zero-order valence-electron chi connectivity index (χ0n) is 15.1. The molecule has 1 aromatic carbocycles.